The van der Waals surface area contributed by atoms with Gasteiger partial charge < -0.3 is 1.43 Å². The Morgan fingerprint density at radius 1 is 1.00 bits per heavy atom. The molecule has 0 radical (unpaired) electrons. The Morgan fingerprint density at radius 3 is 1.38 bits per heavy atom. The Bertz CT molecular complexity index is 338. The monoisotopic (exact) mass is 274 g/mol. The number of alkyl halides is 7. The number of ether oxygens (including phenoxy) is 1. The smallest absolute Gasteiger partial charge is 1.00 e. The minimum absolute atomic E-state index is 0. The van der Waals surface area contributed by atoms with E-state index in [4.69, 9.17) is 4.55 Å². The molecule has 4 nitrogen and oxygen atoms in total. The number of rotatable bonds is 2. The normalized spacial score (nSPS) is 17.5. The molecule has 0 heterocycles. The average Bonchev–Trinajstić information content (AvgIpc) is 1.77. The van der Waals surface area contributed by atoms with E-state index in [1.807, 2.05) is 0 Å². The maximum absolute atomic E-state index is 12.4. The van der Waals surface area contributed by atoms with Crippen LogP contribution in [0.25, 0.3) is 0 Å². The van der Waals surface area contributed by atoms with Gasteiger partial charge in [-0.2, -0.15) is 26.0 Å². The van der Waals surface area contributed by atoms with Gasteiger partial charge in [-0.3, -0.25) is 4.55 Å². The molecule has 13 heteroatoms. The zero-order valence-electron chi connectivity index (χ0n) is 8.23. The number of hydrogen-bond acceptors (Lipinski definition) is 3. The first-order valence-corrected chi connectivity index (χ1v) is 4.14. The second-order valence-electron chi connectivity index (χ2n) is 2.06. The van der Waals surface area contributed by atoms with Crippen molar-refractivity contribution in [3.63, 3.8) is 0 Å². The van der Waals surface area contributed by atoms with E-state index in [0.717, 1.165) is 0 Å². The molecule has 0 rings (SSSR count). The van der Waals surface area contributed by atoms with Gasteiger partial charge in [-0.15, -0.1) is 13.2 Å². The van der Waals surface area contributed by atoms with E-state index in [0.29, 0.717) is 0 Å². The maximum atomic E-state index is 12.4. The van der Waals surface area contributed by atoms with E-state index in [2.05, 4.69) is 0 Å². The van der Waals surface area contributed by atoms with E-state index in [-0.39, 0.29) is 20.3 Å². The number of halogens is 7. The van der Waals surface area contributed by atoms with E-state index in [9.17, 15) is 39.2 Å². The summed E-state index contributed by atoms with van der Waals surface area (Å²) in [6.07, 6.45) is -12.8. The summed E-state index contributed by atoms with van der Waals surface area (Å²) in [5.74, 6) is 0. The van der Waals surface area contributed by atoms with Crippen molar-refractivity contribution in [2.75, 3.05) is 0 Å². The van der Waals surface area contributed by atoms with Crippen LogP contribution in [0.3, 0.4) is 0 Å². The van der Waals surface area contributed by atoms with Gasteiger partial charge in [0, 0.05) is 0 Å². The van der Waals surface area contributed by atoms with Crippen molar-refractivity contribution in [3.05, 3.63) is 0 Å². The third kappa shape index (κ3) is 4.09. The van der Waals surface area contributed by atoms with Gasteiger partial charge in [0.05, 0.1) is 0 Å². The van der Waals surface area contributed by atoms with Gasteiger partial charge in [-0.25, -0.2) is 4.74 Å². The molecule has 0 bridgehead atoms. The van der Waals surface area contributed by atoms with Crippen molar-refractivity contribution in [2.24, 2.45) is 0 Å². The zero-order chi connectivity index (χ0) is 12.7. The van der Waals surface area contributed by atoms with Crippen molar-refractivity contribution in [2.45, 2.75) is 17.7 Å². The molecule has 0 spiro atoms. The van der Waals surface area contributed by atoms with Crippen LogP contribution < -0.4 is 18.9 Å². The molecule has 0 saturated heterocycles. The molecule has 0 aromatic carbocycles. The van der Waals surface area contributed by atoms with Crippen molar-refractivity contribution < 1.29 is 68.7 Å². The second kappa shape index (κ2) is 4.69. The van der Waals surface area contributed by atoms with Crippen LogP contribution in [0.2, 0.25) is 0 Å². The molecular weight excluding hydrogens is 272 g/mol. The van der Waals surface area contributed by atoms with Gasteiger partial charge in [-0.05, 0) is 0 Å². The van der Waals surface area contributed by atoms with Crippen LogP contribution in [0.5, 0.6) is 0 Å². The van der Waals surface area contributed by atoms with Crippen LogP contribution in [0, 0.1) is 0 Å². The first-order valence-electron chi connectivity index (χ1n) is 2.70. The van der Waals surface area contributed by atoms with Crippen LogP contribution in [0.4, 0.5) is 30.7 Å². The fourth-order valence-corrected chi connectivity index (χ4v) is 0.898. The molecule has 1 unspecified atom stereocenters. The molecule has 0 amide bonds. The first-order chi connectivity index (χ1) is 6.21. The maximum Gasteiger partial charge on any atom is 1.00 e. The fraction of sp³-hybridized carbons (Fsp3) is 1.00. The van der Waals surface area contributed by atoms with Crippen LogP contribution >= 0.6 is 0 Å². The van der Waals surface area contributed by atoms with E-state index >= 15 is 0 Å². The summed E-state index contributed by atoms with van der Waals surface area (Å²) < 4.78 is 110. The minimum Gasteiger partial charge on any atom is -1.00 e. The van der Waals surface area contributed by atoms with Crippen LogP contribution in [-0.2, 0) is 14.9 Å². The summed E-state index contributed by atoms with van der Waals surface area (Å²) in [6, 6.07) is 0. The average molecular weight is 274 g/mol. The quantitative estimate of drug-likeness (QED) is 0.387. The van der Waals surface area contributed by atoms with E-state index in [1.54, 1.807) is 4.74 Å². The molecule has 0 saturated carbocycles. The van der Waals surface area contributed by atoms with Crippen molar-refractivity contribution in [1.82, 2.24) is 0 Å². The van der Waals surface area contributed by atoms with Gasteiger partial charge >= 0.3 is 46.7 Å². The van der Waals surface area contributed by atoms with Crippen molar-refractivity contribution >= 4 is 10.1 Å². The minimum atomic E-state index is -6.79. The topological polar surface area (TPSA) is 63.6 Å². The molecule has 0 aliphatic carbocycles. The molecule has 0 aliphatic heterocycles. The molecule has 0 aromatic heterocycles. The van der Waals surface area contributed by atoms with Crippen molar-refractivity contribution in [1.29, 1.82) is 0 Å². The van der Waals surface area contributed by atoms with Crippen molar-refractivity contribution in [3.8, 4) is 0 Å². The Kier molecular flexibility index (Phi) is 5.38. The molecule has 0 fully saturated rings. The molecule has 0 aromatic rings. The SMILES string of the molecule is O=S(=O)(O)C(F)(OC(F)(F)F)C(F)(F)F.[H-].[Li+]. The predicted molar refractivity (Wildman–Crippen MR) is 29.7 cm³/mol. The fourth-order valence-electron chi connectivity index (χ4n) is 0.406. The molecule has 0 aliphatic rings. The summed E-state index contributed by atoms with van der Waals surface area (Å²) in [5, 5.41) is -6.24. The predicted octanol–water partition coefficient (Wildman–Crippen LogP) is -1.29. The molecule has 16 heavy (non-hydrogen) atoms. The summed E-state index contributed by atoms with van der Waals surface area (Å²) in [7, 11) is -6.79. The molecule has 1 atom stereocenters. The van der Waals surface area contributed by atoms with E-state index < -0.39 is 27.8 Å². The summed E-state index contributed by atoms with van der Waals surface area (Å²) in [4.78, 5) is 0. The summed E-state index contributed by atoms with van der Waals surface area (Å²) in [5.41, 5.74) is 0. The third-order valence-electron chi connectivity index (χ3n) is 0.917. The summed E-state index contributed by atoms with van der Waals surface area (Å²) in [6.45, 7) is 0. The second-order valence-corrected chi connectivity index (χ2v) is 3.53. The summed E-state index contributed by atoms with van der Waals surface area (Å²) >= 11 is 0. The first kappa shape index (κ1) is 18.3. The Balaban J connectivity index is -0.000000980. The van der Waals surface area contributed by atoms with Gasteiger partial charge in [0.15, 0.2) is 0 Å². The Labute approximate surface area is 97.2 Å². The van der Waals surface area contributed by atoms with Gasteiger partial charge in [-0.1, -0.05) is 0 Å². The van der Waals surface area contributed by atoms with Crippen LogP contribution in [-0.4, -0.2) is 30.7 Å². The van der Waals surface area contributed by atoms with Gasteiger partial charge in [0.2, 0.25) is 0 Å². The molecule has 1 N–H and O–H groups in total. The number of hydrogen-bond donors (Lipinski definition) is 1. The standard InChI is InChI=1S/C3HF7O4S.Li.H/c4-1(5,6)2(7,15(11,12)13)14-3(8,9)10;;/h(H,11,12,13);;/q;+1;-1. The van der Waals surface area contributed by atoms with Crippen LogP contribution in [0.1, 0.15) is 1.43 Å². The van der Waals surface area contributed by atoms with E-state index in [1.165, 1.54) is 0 Å². The Morgan fingerprint density at radius 2 is 1.31 bits per heavy atom. The van der Waals surface area contributed by atoms with Gasteiger partial charge in [0.1, 0.15) is 0 Å². The largest absolute Gasteiger partial charge is 1.00 e. The Hall–Kier alpha value is -0.0226. The molecule has 94 valence electrons. The molecular formula is C3H2F7LiO4S. The van der Waals surface area contributed by atoms with Crippen LogP contribution in [0.15, 0.2) is 0 Å². The third-order valence-corrected chi connectivity index (χ3v) is 1.90. The zero-order valence-corrected chi connectivity index (χ0v) is 8.04. The van der Waals surface area contributed by atoms with Gasteiger partial charge in [0.25, 0.3) is 0 Å².